The summed E-state index contributed by atoms with van der Waals surface area (Å²) in [5.74, 6) is 0.654. The number of hydroxylamine groups is 2. The Labute approximate surface area is 188 Å². The molecule has 6 heteroatoms. The molecule has 2 N–H and O–H groups in total. The predicted octanol–water partition coefficient (Wildman–Crippen LogP) is 5.48. The van der Waals surface area contributed by atoms with Crippen molar-refractivity contribution in [3.8, 4) is 5.75 Å². The van der Waals surface area contributed by atoms with Crippen molar-refractivity contribution in [1.82, 2.24) is 15.4 Å². The largest absolute Gasteiger partial charge is 0.481 e. The Morgan fingerprint density at radius 3 is 2.56 bits per heavy atom. The quantitative estimate of drug-likeness (QED) is 0.383. The number of amides is 2. The summed E-state index contributed by atoms with van der Waals surface area (Å²) in [5.41, 5.74) is 2.74. The Balaban J connectivity index is 1.45. The minimum Gasteiger partial charge on any atom is -0.481 e. The minimum atomic E-state index is -0.458. The highest BCUT2D eigenvalue weighted by Gasteiger charge is 2.20. The first-order valence-corrected chi connectivity index (χ1v) is 11.2. The summed E-state index contributed by atoms with van der Waals surface area (Å²) in [6, 6.07) is 21.0. The van der Waals surface area contributed by atoms with Crippen LogP contribution < -0.4 is 10.1 Å². The number of benzene rings is 2. The zero-order valence-corrected chi connectivity index (χ0v) is 18.1. The van der Waals surface area contributed by atoms with Crippen LogP contribution in [-0.4, -0.2) is 27.3 Å². The van der Waals surface area contributed by atoms with E-state index in [1.165, 1.54) is 6.42 Å². The zero-order chi connectivity index (χ0) is 22.2. The van der Waals surface area contributed by atoms with Gasteiger partial charge in [0.15, 0.2) is 6.10 Å². The van der Waals surface area contributed by atoms with Crippen molar-refractivity contribution in [1.29, 1.82) is 0 Å². The van der Waals surface area contributed by atoms with E-state index in [2.05, 4.69) is 10.3 Å². The fourth-order valence-corrected chi connectivity index (χ4v) is 4.08. The highest BCUT2D eigenvalue weighted by atomic mass is 16.5. The number of carbonyl (C=O) groups excluding carboxylic acids is 1. The van der Waals surface area contributed by atoms with Crippen molar-refractivity contribution >= 4 is 6.03 Å². The highest BCUT2D eigenvalue weighted by Crippen LogP contribution is 2.28. The lowest BCUT2D eigenvalue weighted by Gasteiger charge is -2.25. The summed E-state index contributed by atoms with van der Waals surface area (Å²) in [6.07, 6.45) is 8.61. The fourth-order valence-electron chi connectivity index (χ4n) is 4.08. The van der Waals surface area contributed by atoms with Gasteiger partial charge in [-0.25, -0.2) is 9.86 Å². The topological polar surface area (TPSA) is 74.7 Å². The smallest absolute Gasteiger partial charge is 0.341 e. The molecule has 1 fully saturated rings. The summed E-state index contributed by atoms with van der Waals surface area (Å²) in [6.45, 7) is 0.0820. The van der Waals surface area contributed by atoms with Crippen molar-refractivity contribution in [3.05, 3.63) is 95.8 Å². The van der Waals surface area contributed by atoms with Crippen molar-refractivity contribution in [2.24, 2.45) is 0 Å². The van der Waals surface area contributed by atoms with Crippen LogP contribution in [0.4, 0.5) is 4.79 Å². The van der Waals surface area contributed by atoms with E-state index in [1.807, 2.05) is 66.7 Å². The number of aromatic nitrogens is 1. The number of pyridine rings is 1. The summed E-state index contributed by atoms with van der Waals surface area (Å²) < 4.78 is 6.35. The van der Waals surface area contributed by atoms with E-state index in [0.29, 0.717) is 5.75 Å². The molecule has 6 nitrogen and oxygen atoms in total. The molecule has 3 aromatic rings. The van der Waals surface area contributed by atoms with Crippen LogP contribution in [0.15, 0.2) is 79.1 Å². The van der Waals surface area contributed by atoms with Gasteiger partial charge in [-0.2, -0.15) is 0 Å². The second-order valence-corrected chi connectivity index (χ2v) is 8.18. The van der Waals surface area contributed by atoms with Gasteiger partial charge >= 0.3 is 6.03 Å². The molecule has 2 amide bonds. The highest BCUT2D eigenvalue weighted by molar-refractivity contribution is 5.73. The van der Waals surface area contributed by atoms with E-state index in [1.54, 1.807) is 12.4 Å². The van der Waals surface area contributed by atoms with Crippen LogP contribution in [0.2, 0.25) is 0 Å². The molecule has 1 unspecified atom stereocenters. The molecule has 1 aromatic heterocycles. The molecule has 0 saturated heterocycles. The molecule has 166 valence electrons. The maximum absolute atomic E-state index is 12.4. The number of carbonyl (C=O) groups is 1. The third kappa shape index (κ3) is 5.86. The van der Waals surface area contributed by atoms with Crippen LogP contribution in [0.3, 0.4) is 0 Å². The standard InChI is InChI=1S/C26H29N3O3/c30-26(28-23-13-5-2-6-14-23)29(31)19-20-9-7-15-24(17-20)32-25(21-10-3-1-4-11-21)22-12-8-16-27-18-22/h1,3-4,7-12,15-18,23,25,31H,2,5-6,13-14,19H2,(H,28,30). The first kappa shape index (κ1) is 21.8. The Kier molecular flexibility index (Phi) is 7.35. The van der Waals surface area contributed by atoms with Gasteiger partial charge in [0.2, 0.25) is 0 Å². The Morgan fingerprint density at radius 1 is 1.03 bits per heavy atom. The third-order valence-corrected chi connectivity index (χ3v) is 5.74. The average Bonchev–Trinajstić information content (AvgIpc) is 2.84. The molecular formula is C26H29N3O3. The van der Waals surface area contributed by atoms with E-state index in [-0.39, 0.29) is 18.7 Å². The van der Waals surface area contributed by atoms with E-state index >= 15 is 0 Å². The third-order valence-electron chi connectivity index (χ3n) is 5.74. The molecule has 2 aromatic carbocycles. The number of nitrogens with one attached hydrogen (secondary N) is 1. The van der Waals surface area contributed by atoms with Crippen LogP contribution in [0.1, 0.15) is 54.9 Å². The Hall–Kier alpha value is -3.38. The molecule has 32 heavy (non-hydrogen) atoms. The SMILES string of the molecule is O=C(NC1CCCCC1)N(O)Cc1cccc(OC(c2ccccc2)c2cccnc2)c1. The lowest BCUT2D eigenvalue weighted by molar-refractivity contribution is -0.0521. The lowest BCUT2D eigenvalue weighted by atomic mass is 9.96. The molecule has 1 aliphatic rings. The van der Waals surface area contributed by atoms with Gasteiger partial charge in [-0.3, -0.25) is 10.2 Å². The van der Waals surface area contributed by atoms with E-state index in [9.17, 15) is 10.0 Å². The number of hydrogen-bond donors (Lipinski definition) is 2. The van der Waals surface area contributed by atoms with Gasteiger partial charge in [0.05, 0.1) is 6.54 Å². The molecule has 1 aliphatic carbocycles. The zero-order valence-electron chi connectivity index (χ0n) is 18.1. The summed E-state index contributed by atoms with van der Waals surface area (Å²) in [4.78, 5) is 16.6. The maximum atomic E-state index is 12.4. The first-order valence-electron chi connectivity index (χ1n) is 11.2. The van der Waals surface area contributed by atoms with Crippen LogP contribution in [0.5, 0.6) is 5.75 Å². The van der Waals surface area contributed by atoms with Gasteiger partial charge in [0, 0.05) is 24.0 Å². The number of ether oxygens (including phenoxy) is 1. The van der Waals surface area contributed by atoms with Crippen LogP contribution in [0.25, 0.3) is 0 Å². The average molecular weight is 432 g/mol. The van der Waals surface area contributed by atoms with Crippen molar-refractivity contribution in [2.45, 2.75) is 50.8 Å². The van der Waals surface area contributed by atoms with E-state index < -0.39 is 6.03 Å². The van der Waals surface area contributed by atoms with E-state index in [0.717, 1.165) is 47.4 Å². The maximum Gasteiger partial charge on any atom is 0.341 e. The molecular weight excluding hydrogens is 402 g/mol. The normalized spacial score (nSPS) is 15.0. The second-order valence-electron chi connectivity index (χ2n) is 8.18. The van der Waals surface area contributed by atoms with Crippen LogP contribution >= 0.6 is 0 Å². The van der Waals surface area contributed by atoms with Gasteiger partial charge < -0.3 is 10.1 Å². The Bertz CT molecular complexity index is 952. The number of rotatable bonds is 7. The number of urea groups is 1. The van der Waals surface area contributed by atoms with Gasteiger partial charge in [-0.1, -0.05) is 67.8 Å². The van der Waals surface area contributed by atoms with Crippen LogP contribution in [0, 0.1) is 0 Å². The minimum absolute atomic E-state index is 0.0820. The van der Waals surface area contributed by atoms with Gasteiger partial charge in [-0.15, -0.1) is 0 Å². The van der Waals surface area contributed by atoms with Gasteiger partial charge in [0.1, 0.15) is 5.75 Å². The molecule has 0 radical (unpaired) electrons. The first-order chi connectivity index (χ1) is 15.7. The van der Waals surface area contributed by atoms with Crippen molar-refractivity contribution in [3.63, 3.8) is 0 Å². The van der Waals surface area contributed by atoms with Gasteiger partial charge in [0.25, 0.3) is 0 Å². The second kappa shape index (κ2) is 10.8. The number of nitrogens with zero attached hydrogens (tertiary/aromatic N) is 2. The summed E-state index contributed by atoms with van der Waals surface area (Å²) >= 11 is 0. The predicted molar refractivity (Wildman–Crippen MR) is 122 cm³/mol. The molecule has 0 aliphatic heterocycles. The molecule has 4 rings (SSSR count). The molecule has 0 bridgehead atoms. The van der Waals surface area contributed by atoms with Crippen molar-refractivity contribution < 1.29 is 14.7 Å². The molecule has 1 saturated carbocycles. The fraction of sp³-hybridized carbons (Fsp3) is 0.308. The summed E-state index contributed by atoms with van der Waals surface area (Å²) in [5, 5.41) is 14.0. The van der Waals surface area contributed by atoms with Crippen molar-refractivity contribution in [2.75, 3.05) is 0 Å². The summed E-state index contributed by atoms with van der Waals surface area (Å²) in [7, 11) is 0. The van der Waals surface area contributed by atoms with E-state index in [4.69, 9.17) is 4.74 Å². The molecule has 1 heterocycles. The molecule has 0 spiro atoms. The monoisotopic (exact) mass is 431 g/mol. The number of hydrogen-bond acceptors (Lipinski definition) is 4. The van der Waals surface area contributed by atoms with Crippen LogP contribution in [-0.2, 0) is 6.54 Å². The lowest BCUT2D eigenvalue weighted by Crippen LogP contribution is -2.43. The Morgan fingerprint density at radius 2 is 1.81 bits per heavy atom. The van der Waals surface area contributed by atoms with Gasteiger partial charge in [-0.05, 0) is 42.2 Å². The molecule has 1 atom stereocenters.